The average Bonchev–Trinajstić information content (AvgIpc) is 2.98. The summed E-state index contributed by atoms with van der Waals surface area (Å²) in [5.74, 6) is 1.06. The molecule has 150 valence electrons. The standard InChI is InChI=1S/C23H23BrN2O3/c1-5-11-29-22-14-20(24)17(13-21(22)28-6-2)12-19-16(4)25-26(23(19)27)18-9-7-15(3)8-10-18/h5,7-10,12-14H,1,6,11H2,2-4H3. The molecule has 0 atom stereocenters. The van der Waals surface area contributed by atoms with E-state index < -0.39 is 0 Å². The number of ether oxygens (including phenoxy) is 2. The molecular weight excluding hydrogens is 432 g/mol. The topological polar surface area (TPSA) is 51.1 Å². The summed E-state index contributed by atoms with van der Waals surface area (Å²) in [5, 5.41) is 5.87. The van der Waals surface area contributed by atoms with Crippen molar-refractivity contribution in [2.24, 2.45) is 5.10 Å². The minimum atomic E-state index is -0.164. The van der Waals surface area contributed by atoms with E-state index in [1.54, 1.807) is 6.08 Å². The normalized spacial score (nSPS) is 14.9. The Hall–Kier alpha value is -2.86. The molecule has 1 aliphatic heterocycles. The molecule has 0 aromatic heterocycles. The van der Waals surface area contributed by atoms with Crippen LogP contribution in [0.4, 0.5) is 5.69 Å². The predicted molar refractivity (Wildman–Crippen MR) is 121 cm³/mol. The lowest BCUT2D eigenvalue weighted by atomic mass is 10.1. The van der Waals surface area contributed by atoms with E-state index in [1.807, 2.05) is 63.2 Å². The van der Waals surface area contributed by atoms with E-state index >= 15 is 0 Å². The monoisotopic (exact) mass is 454 g/mol. The smallest absolute Gasteiger partial charge is 0.280 e. The number of hydrogen-bond donors (Lipinski definition) is 0. The Bertz CT molecular complexity index is 994. The van der Waals surface area contributed by atoms with Gasteiger partial charge in [0, 0.05) is 4.47 Å². The van der Waals surface area contributed by atoms with Crippen molar-refractivity contribution in [1.82, 2.24) is 0 Å². The Labute approximate surface area is 179 Å². The molecule has 0 bridgehead atoms. The van der Waals surface area contributed by atoms with Crippen molar-refractivity contribution in [2.75, 3.05) is 18.2 Å². The predicted octanol–water partition coefficient (Wildman–Crippen LogP) is 5.53. The second kappa shape index (κ2) is 9.09. The lowest BCUT2D eigenvalue weighted by molar-refractivity contribution is -0.114. The van der Waals surface area contributed by atoms with Gasteiger partial charge in [-0.25, -0.2) is 0 Å². The maximum atomic E-state index is 13.0. The molecule has 1 amide bonds. The van der Waals surface area contributed by atoms with Crippen molar-refractivity contribution in [3.8, 4) is 11.5 Å². The van der Waals surface area contributed by atoms with Gasteiger partial charge in [0.25, 0.3) is 5.91 Å². The average molecular weight is 455 g/mol. The number of hydrogen-bond acceptors (Lipinski definition) is 4. The van der Waals surface area contributed by atoms with Gasteiger partial charge in [-0.2, -0.15) is 10.1 Å². The maximum Gasteiger partial charge on any atom is 0.280 e. The van der Waals surface area contributed by atoms with Crippen LogP contribution in [0.2, 0.25) is 0 Å². The van der Waals surface area contributed by atoms with Crippen molar-refractivity contribution in [3.05, 3.63) is 70.2 Å². The van der Waals surface area contributed by atoms with Crippen LogP contribution in [0.15, 0.2) is 64.2 Å². The number of anilines is 1. The molecule has 0 fully saturated rings. The van der Waals surface area contributed by atoms with Crippen molar-refractivity contribution in [3.63, 3.8) is 0 Å². The Morgan fingerprint density at radius 3 is 2.48 bits per heavy atom. The minimum absolute atomic E-state index is 0.164. The van der Waals surface area contributed by atoms with Crippen molar-refractivity contribution in [1.29, 1.82) is 0 Å². The van der Waals surface area contributed by atoms with Gasteiger partial charge >= 0.3 is 0 Å². The molecule has 0 N–H and O–H groups in total. The number of hydrazone groups is 1. The molecule has 0 saturated carbocycles. The summed E-state index contributed by atoms with van der Waals surface area (Å²) in [6.45, 7) is 10.3. The Kier molecular flexibility index (Phi) is 6.54. The number of aryl methyl sites for hydroxylation is 1. The van der Waals surface area contributed by atoms with E-state index in [1.165, 1.54) is 5.01 Å². The zero-order valence-corrected chi connectivity index (χ0v) is 18.3. The molecule has 0 aliphatic carbocycles. The van der Waals surface area contributed by atoms with Crippen LogP contribution in [0.1, 0.15) is 25.0 Å². The van der Waals surface area contributed by atoms with Crippen LogP contribution in [0.3, 0.4) is 0 Å². The molecular formula is C23H23BrN2O3. The summed E-state index contributed by atoms with van der Waals surface area (Å²) in [4.78, 5) is 13.0. The summed E-state index contributed by atoms with van der Waals surface area (Å²) in [6, 6.07) is 11.4. The summed E-state index contributed by atoms with van der Waals surface area (Å²) < 4.78 is 12.2. The van der Waals surface area contributed by atoms with Crippen molar-refractivity contribution >= 4 is 39.3 Å². The third-order valence-electron chi connectivity index (χ3n) is 4.36. The summed E-state index contributed by atoms with van der Waals surface area (Å²) in [6.07, 6.45) is 3.50. The van der Waals surface area contributed by atoms with Gasteiger partial charge in [0.2, 0.25) is 0 Å². The second-order valence-electron chi connectivity index (χ2n) is 6.55. The lowest BCUT2D eigenvalue weighted by Crippen LogP contribution is -2.21. The van der Waals surface area contributed by atoms with E-state index in [4.69, 9.17) is 9.47 Å². The van der Waals surface area contributed by atoms with Gasteiger partial charge in [-0.05, 0) is 56.7 Å². The number of benzene rings is 2. The molecule has 29 heavy (non-hydrogen) atoms. The highest BCUT2D eigenvalue weighted by atomic mass is 79.9. The summed E-state index contributed by atoms with van der Waals surface area (Å²) in [7, 11) is 0. The lowest BCUT2D eigenvalue weighted by Gasteiger charge is -2.14. The van der Waals surface area contributed by atoms with E-state index in [2.05, 4.69) is 27.6 Å². The number of halogens is 1. The summed E-state index contributed by atoms with van der Waals surface area (Å²) >= 11 is 3.57. The van der Waals surface area contributed by atoms with E-state index in [0.29, 0.717) is 36.0 Å². The maximum absolute atomic E-state index is 13.0. The zero-order chi connectivity index (χ0) is 21.0. The second-order valence-corrected chi connectivity index (χ2v) is 7.40. The summed E-state index contributed by atoms with van der Waals surface area (Å²) in [5.41, 5.74) is 3.87. The molecule has 1 aliphatic rings. The molecule has 0 unspecified atom stereocenters. The highest BCUT2D eigenvalue weighted by Gasteiger charge is 2.29. The first-order valence-electron chi connectivity index (χ1n) is 9.33. The van der Waals surface area contributed by atoms with E-state index in [9.17, 15) is 4.79 Å². The number of rotatable bonds is 7. The molecule has 0 saturated heterocycles. The third kappa shape index (κ3) is 4.59. The Balaban J connectivity index is 1.95. The first-order valence-corrected chi connectivity index (χ1v) is 10.1. The molecule has 0 spiro atoms. The SMILES string of the molecule is C=CCOc1cc(Br)c(C=C2C(=O)N(c3ccc(C)cc3)N=C2C)cc1OCC. The highest BCUT2D eigenvalue weighted by molar-refractivity contribution is 9.10. The van der Waals surface area contributed by atoms with Crippen LogP contribution in [0.5, 0.6) is 11.5 Å². The fraction of sp³-hybridized carbons (Fsp3) is 0.217. The van der Waals surface area contributed by atoms with Gasteiger partial charge in [0.15, 0.2) is 11.5 Å². The third-order valence-corrected chi connectivity index (χ3v) is 5.05. The minimum Gasteiger partial charge on any atom is -0.490 e. The highest BCUT2D eigenvalue weighted by Crippen LogP contribution is 2.36. The molecule has 2 aromatic carbocycles. The van der Waals surface area contributed by atoms with Crippen LogP contribution in [-0.4, -0.2) is 24.8 Å². The molecule has 0 radical (unpaired) electrons. The molecule has 1 heterocycles. The van der Waals surface area contributed by atoms with Crippen molar-refractivity contribution < 1.29 is 14.3 Å². The largest absolute Gasteiger partial charge is 0.490 e. The van der Waals surface area contributed by atoms with Gasteiger partial charge < -0.3 is 9.47 Å². The van der Waals surface area contributed by atoms with Gasteiger partial charge in [-0.3, -0.25) is 4.79 Å². The molecule has 6 heteroatoms. The first-order chi connectivity index (χ1) is 13.9. The van der Waals surface area contributed by atoms with Crippen LogP contribution >= 0.6 is 15.9 Å². The van der Waals surface area contributed by atoms with Gasteiger partial charge in [0.05, 0.1) is 23.6 Å². The number of amides is 1. The van der Waals surface area contributed by atoms with Crippen LogP contribution in [0, 0.1) is 6.92 Å². The fourth-order valence-corrected chi connectivity index (χ4v) is 3.33. The van der Waals surface area contributed by atoms with Crippen LogP contribution < -0.4 is 14.5 Å². The molecule has 2 aromatic rings. The molecule has 5 nitrogen and oxygen atoms in total. The van der Waals surface area contributed by atoms with Crippen molar-refractivity contribution in [2.45, 2.75) is 20.8 Å². The fourth-order valence-electron chi connectivity index (χ4n) is 2.89. The Morgan fingerprint density at radius 1 is 1.14 bits per heavy atom. The zero-order valence-electron chi connectivity index (χ0n) is 16.7. The number of carbonyl (C=O) groups is 1. The van der Waals surface area contributed by atoms with Gasteiger partial charge in [0.1, 0.15) is 6.61 Å². The van der Waals surface area contributed by atoms with Gasteiger partial charge in [-0.1, -0.05) is 46.3 Å². The van der Waals surface area contributed by atoms with Crippen LogP contribution in [-0.2, 0) is 4.79 Å². The Morgan fingerprint density at radius 2 is 1.83 bits per heavy atom. The van der Waals surface area contributed by atoms with E-state index in [-0.39, 0.29) is 5.91 Å². The number of carbonyl (C=O) groups excluding carboxylic acids is 1. The first kappa shape index (κ1) is 20.9. The van der Waals surface area contributed by atoms with Gasteiger partial charge in [-0.15, -0.1) is 0 Å². The quantitative estimate of drug-likeness (QED) is 0.408. The van der Waals surface area contributed by atoms with Crippen LogP contribution in [0.25, 0.3) is 6.08 Å². The number of nitrogens with zero attached hydrogens (tertiary/aromatic N) is 2. The molecule has 3 rings (SSSR count). The van der Waals surface area contributed by atoms with E-state index in [0.717, 1.165) is 21.3 Å².